The molecule has 0 unspecified atom stereocenters. The first-order valence-corrected chi connectivity index (χ1v) is 26.6. The molecule has 0 spiro atoms. The van der Waals surface area contributed by atoms with Crippen LogP contribution < -0.4 is 5.32 Å². The predicted molar refractivity (Wildman–Crippen MR) is 269 cm³/mol. The minimum absolute atomic E-state index is 0.0480. The van der Waals surface area contributed by atoms with Crippen molar-refractivity contribution < 1.29 is 23.9 Å². The number of nitrogens with one attached hydrogen (secondary N) is 1. The molecule has 0 atom stereocenters. The Kier molecular flexibility index (Phi) is 46.1. The van der Waals surface area contributed by atoms with E-state index in [1.54, 1.807) is 11.3 Å². The number of fused-ring (bicyclic) bond motifs is 1. The number of rotatable bonds is 35. The molecule has 0 bridgehead atoms. The van der Waals surface area contributed by atoms with Gasteiger partial charge in [-0.25, -0.2) is 0 Å². The van der Waals surface area contributed by atoms with Crippen LogP contribution in [0.25, 0.3) is 0 Å². The van der Waals surface area contributed by atoms with Crippen LogP contribution in [0.5, 0.6) is 0 Å². The van der Waals surface area contributed by atoms with Crippen molar-refractivity contribution in [2.24, 2.45) is 0 Å². The number of thiophene rings is 1. The molecule has 62 heavy (non-hydrogen) atoms. The monoisotopic (exact) mass is 890 g/mol. The van der Waals surface area contributed by atoms with Gasteiger partial charge in [0, 0.05) is 42.1 Å². The van der Waals surface area contributed by atoms with Crippen molar-refractivity contribution in [3.05, 3.63) is 33.0 Å². The van der Waals surface area contributed by atoms with Crippen LogP contribution in [0.4, 0.5) is 0 Å². The second-order valence-electron chi connectivity index (χ2n) is 16.7. The van der Waals surface area contributed by atoms with Gasteiger partial charge in [0.25, 0.3) is 5.91 Å². The molecule has 2 amide bonds. The van der Waals surface area contributed by atoms with E-state index in [4.69, 9.17) is 4.74 Å². The third kappa shape index (κ3) is 34.9. The third-order valence-corrected chi connectivity index (χ3v) is 12.1. The smallest absolute Gasteiger partial charge is 0.305 e. The van der Waals surface area contributed by atoms with Crippen LogP contribution in [-0.2, 0) is 32.1 Å². The molecule has 9 heteroatoms. The lowest BCUT2D eigenvalue weighted by Crippen LogP contribution is -2.36. The van der Waals surface area contributed by atoms with Crippen LogP contribution in [0.3, 0.4) is 0 Å². The van der Waals surface area contributed by atoms with E-state index >= 15 is 0 Å². The van der Waals surface area contributed by atoms with Crippen molar-refractivity contribution in [3.8, 4) is 0 Å². The Labute approximate surface area is 387 Å². The van der Waals surface area contributed by atoms with Crippen LogP contribution in [0.2, 0.25) is 0 Å². The summed E-state index contributed by atoms with van der Waals surface area (Å²) >= 11 is 1.69. The van der Waals surface area contributed by atoms with Crippen LogP contribution in [0.1, 0.15) is 247 Å². The van der Waals surface area contributed by atoms with Gasteiger partial charge in [0.1, 0.15) is 6.29 Å². The lowest BCUT2D eigenvalue weighted by atomic mass is 10.0. The first-order valence-electron chi connectivity index (χ1n) is 25.8. The van der Waals surface area contributed by atoms with Gasteiger partial charge >= 0.3 is 5.97 Å². The Morgan fingerprint density at radius 2 is 1.18 bits per heavy atom. The number of amides is 2. The van der Waals surface area contributed by atoms with E-state index in [1.807, 2.05) is 53.6 Å². The van der Waals surface area contributed by atoms with Crippen molar-refractivity contribution in [2.75, 3.05) is 40.3 Å². The average Bonchev–Trinajstić information content (AvgIpc) is 3.62. The number of hydrogen-bond acceptors (Lipinski definition) is 7. The largest absolute Gasteiger partial charge is 0.466 e. The normalized spacial score (nSPS) is 11.8. The Morgan fingerprint density at radius 3 is 1.73 bits per heavy atom. The minimum atomic E-state index is -0.115. The van der Waals surface area contributed by atoms with Gasteiger partial charge in [-0.05, 0) is 97.3 Å². The van der Waals surface area contributed by atoms with Crippen molar-refractivity contribution in [2.45, 2.75) is 241 Å². The maximum absolute atomic E-state index is 12.8. The van der Waals surface area contributed by atoms with Crippen LogP contribution >= 0.6 is 11.3 Å². The molecule has 2 heterocycles. The fourth-order valence-electron chi connectivity index (χ4n) is 7.41. The number of aryl methyl sites for hydroxylation is 1. The fraction of sp³-hybridized carbons (Fsp3) is 0.811. The first kappa shape index (κ1) is 61.6. The highest BCUT2D eigenvalue weighted by molar-refractivity contribution is 7.12. The van der Waals surface area contributed by atoms with Gasteiger partial charge in [-0.3, -0.25) is 14.4 Å². The Bertz CT molecular complexity index is 1230. The molecule has 8 nitrogen and oxygen atoms in total. The van der Waals surface area contributed by atoms with Crippen molar-refractivity contribution in [3.63, 3.8) is 0 Å². The molecule has 0 saturated carbocycles. The lowest BCUT2D eigenvalue weighted by molar-refractivity contribution is -0.144. The van der Waals surface area contributed by atoms with Crippen molar-refractivity contribution in [1.82, 2.24) is 15.1 Å². The number of hydrogen-bond donors (Lipinski definition) is 1. The van der Waals surface area contributed by atoms with Gasteiger partial charge in [0.15, 0.2) is 0 Å². The summed E-state index contributed by atoms with van der Waals surface area (Å²) in [6.07, 6.45) is 38.6. The highest BCUT2D eigenvalue weighted by Crippen LogP contribution is 2.33. The maximum atomic E-state index is 12.8. The summed E-state index contributed by atoms with van der Waals surface area (Å²) in [5.74, 6) is 0.205. The van der Waals surface area contributed by atoms with E-state index in [2.05, 4.69) is 36.2 Å². The van der Waals surface area contributed by atoms with E-state index < -0.39 is 0 Å². The van der Waals surface area contributed by atoms with Gasteiger partial charge in [0.2, 0.25) is 5.91 Å². The number of carbonyl (C=O) groups excluding carboxylic acids is 4. The van der Waals surface area contributed by atoms with E-state index in [-0.39, 0.29) is 17.8 Å². The molecular formula is C53H99N3O5S. The summed E-state index contributed by atoms with van der Waals surface area (Å²) in [7, 11) is 4.10. The summed E-state index contributed by atoms with van der Waals surface area (Å²) in [6.45, 7) is 18.2. The fourth-order valence-corrected chi connectivity index (χ4v) is 8.64. The van der Waals surface area contributed by atoms with E-state index in [9.17, 15) is 19.2 Å². The SMILES string of the molecule is CC.CC.CCCCCCCC/C=C\CCCCCCCC(=O)N1CCc2c(sc(C)c2C(=O)NCCCN(C)C)C1.CCCCCCCCCCCOC(=O)CCCCC=O. The summed E-state index contributed by atoms with van der Waals surface area (Å²) < 4.78 is 5.15. The van der Waals surface area contributed by atoms with Gasteiger partial charge < -0.3 is 24.6 Å². The highest BCUT2D eigenvalue weighted by atomic mass is 32.1. The molecule has 2 rings (SSSR count). The summed E-state index contributed by atoms with van der Waals surface area (Å²) in [6, 6.07) is 0. The summed E-state index contributed by atoms with van der Waals surface area (Å²) in [5.41, 5.74) is 2.03. The van der Waals surface area contributed by atoms with E-state index in [0.29, 0.717) is 39.0 Å². The van der Waals surface area contributed by atoms with Crippen LogP contribution in [0, 0.1) is 6.92 Å². The van der Waals surface area contributed by atoms with Gasteiger partial charge in [-0.1, -0.05) is 156 Å². The van der Waals surface area contributed by atoms with Gasteiger partial charge in [-0.2, -0.15) is 0 Å². The van der Waals surface area contributed by atoms with Gasteiger partial charge in [-0.15, -0.1) is 11.3 Å². The molecule has 0 aromatic carbocycles. The third-order valence-electron chi connectivity index (χ3n) is 11.0. The van der Waals surface area contributed by atoms with Crippen LogP contribution in [0.15, 0.2) is 12.2 Å². The molecule has 1 N–H and O–H groups in total. The zero-order chi connectivity index (χ0) is 46.5. The first-order chi connectivity index (χ1) is 30.2. The minimum Gasteiger partial charge on any atom is -0.466 e. The Morgan fingerprint density at radius 1 is 0.677 bits per heavy atom. The molecule has 362 valence electrons. The molecule has 1 aromatic heterocycles. The maximum Gasteiger partial charge on any atom is 0.305 e. The predicted octanol–water partition coefficient (Wildman–Crippen LogP) is 14.5. The molecular weight excluding hydrogens is 791 g/mol. The molecule has 0 fully saturated rings. The molecule has 1 aromatic rings. The van der Waals surface area contributed by atoms with Gasteiger partial charge in [0.05, 0.1) is 18.7 Å². The zero-order valence-electron chi connectivity index (χ0n) is 42.1. The number of aldehydes is 1. The number of allylic oxidation sites excluding steroid dienone is 2. The summed E-state index contributed by atoms with van der Waals surface area (Å²) in [5, 5.41) is 3.09. The number of esters is 1. The second kappa shape index (κ2) is 46.5. The number of unbranched alkanes of at least 4 members (excludes halogenated alkanes) is 21. The van der Waals surface area contributed by atoms with Crippen LogP contribution in [-0.4, -0.2) is 74.2 Å². The lowest BCUT2D eigenvalue weighted by Gasteiger charge is -2.27. The molecule has 0 saturated heterocycles. The van der Waals surface area contributed by atoms with Crippen molar-refractivity contribution >= 4 is 35.4 Å². The molecule has 0 radical (unpaired) electrons. The average molecular weight is 890 g/mol. The number of ether oxygens (including phenoxy) is 1. The summed E-state index contributed by atoms with van der Waals surface area (Å²) in [4.78, 5) is 53.5. The topological polar surface area (TPSA) is 96.0 Å². The standard InChI is InChI=1S/C32H55N3O2S.C17H32O3.2C2H6/c1-5-6-7-8-9-10-11-12-13-14-15-16-17-18-19-21-30(36)35-25-22-28-29(26-35)38-27(2)31(28)32(37)33-23-20-24-34(3)4;1-2-3-4-5-6-7-8-9-13-16-20-17(19)14-11-10-12-15-18;2*1-2/h12-13H,5-11,14-26H2,1-4H3,(H,33,37);15H,2-14,16H2,1H3;2*1-2H3/b13-12-;;;. The number of carbonyl (C=O) groups is 4. The Balaban J connectivity index is 0. The quantitative estimate of drug-likeness (QED) is 0.0316. The van der Waals surface area contributed by atoms with Crippen molar-refractivity contribution in [1.29, 1.82) is 0 Å². The van der Waals surface area contributed by atoms with E-state index in [1.165, 1.54) is 126 Å². The zero-order valence-corrected chi connectivity index (χ0v) is 42.9. The molecule has 1 aliphatic heterocycles. The molecule has 0 aliphatic carbocycles. The second-order valence-corrected chi connectivity index (χ2v) is 18.0. The highest BCUT2D eigenvalue weighted by Gasteiger charge is 2.28. The van der Waals surface area contributed by atoms with E-state index in [0.717, 1.165) is 81.2 Å². The Hall–Kier alpha value is -2.52. The molecule has 1 aliphatic rings. The number of nitrogens with zero attached hydrogens (tertiary/aromatic N) is 2.